The molecular formula is C14H21N3OS. The van der Waals surface area contributed by atoms with E-state index in [1.165, 1.54) is 11.1 Å². The van der Waals surface area contributed by atoms with Gasteiger partial charge in [-0.05, 0) is 44.1 Å². The van der Waals surface area contributed by atoms with Gasteiger partial charge in [-0.3, -0.25) is 5.43 Å². The zero-order valence-electron chi connectivity index (χ0n) is 11.9. The van der Waals surface area contributed by atoms with Gasteiger partial charge in [-0.15, -0.1) is 0 Å². The predicted octanol–water partition coefficient (Wildman–Crippen LogP) is 2.14. The third kappa shape index (κ3) is 5.81. The standard InChI is InChI=1S/C14H21N3OS/c1-10-5-6-13(11(2)7-10)8-15-17-14(19)16-12(3)9-18-4/h5-8,12H,9H2,1-4H3,(H2,16,17,19)/b15-8-/t12-/m0/s1. The molecule has 19 heavy (non-hydrogen) atoms. The normalized spacial score (nSPS) is 12.4. The van der Waals surface area contributed by atoms with Crippen molar-refractivity contribution in [3.05, 3.63) is 34.9 Å². The van der Waals surface area contributed by atoms with Gasteiger partial charge in [-0.25, -0.2) is 0 Å². The van der Waals surface area contributed by atoms with Gasteiger partial charge in [0, 0.05) is 13.2 Å². The van der Waals surface area contributed by atoms with Crippen molar-refractivity contribution < 1.29 is 4.74 Å². The summed E-state index contributed by atoms with van der Waals surface area (Å²) in [6.45, 7) is 6.72. The van der Waals surface area contributed by atoms with Gasteiger partial charge in [0.05, 0.1) is 12.8 Å². The van der Waals surface area contributed by atoms with Crippen molar-refractivity contribution in [3.8, 4) is 0 Å². The molecule has 2 N–H and O–H groups in total. The van der Waals surface area contributed by atoms with Crippen LogP contribution in [-0.4, -0.2) is 31.1 Å². The number of hydrogen-bond donors (Lipinski definition) is 2. The smallest absolute Gasteiger partial charge is 0.187 e. The van der Waals surface area contributed by atoms with Gasteiger partial charge in [0.15, 0.2) is 5.11 Å². The Labute approximate surface area is 120 Å². The molecule has 104 valence electrons. The summed E-state index contributed by atoms with van der Waals surface area (Å²) in [4.78, 5) is 0. The maximum Gasteiger partial charge on any atom is 0.187 e. The molecule has 5 heteroatoms. The number of methoxy groups -OCH3 is 1. The molecule has 1 aromatic rings. The molecular weight excluding hydrogens is 258 g/mol. The van der Waals surface area contributed by atoms with Gasteiger partial charge >= 0.3 is 0 Å². The van der Waals surface area contributed by atoms with Gasteiger partial charge < -0.3 is 10.1 Å². The van der Waals surface area contributed by atoms with E-state index in [9.17, 15) is 0 Å². The first-order valence-corrected chi connectivity index (χ1v) is 6.59. The van der Waals surface area contributed by atoms with Crippen LogP contribution < -0.4 is 10.7 Å². The van der Waals surface area contributed by atoms with E-state index in [0.717, 1.165) is 5.56 Å². The number of aryl methyl sites for hydroxylation is 2. The Morgan fingerprint density at radius 2 is 2.21 bits per heavy atom. The number of thiocarbonyl (C=S) groups is 1. The van der Waals surface area contributed by atoms with E-state index in [1.54, 1.807) is 13.3 Å². The second-order valence-electron chi connectivity index (χ2n) is 4.56. The number of rotatable bonds is 5. The fourth-order valence-corrected chi connectivity index (χ4v) is 1.93. The maximum atomic E-state index is 5.12. The molecule has 1 atom stereocenters. The average Bonchev–Trinajstić information content (AvgIpc) is 2.32. The average molecular weight is 279 g/mol. The van der Waals surface area contributed by atoms with E-state index in [2.05, 4.69) is 41.8 Å². The zero-order valence-corrected chi connectivity index (χ0v) is 12.7. The first-order chi connectivity index (χ1) is 9.02. The van der Waals surface area contributed by atoms with E-state index in [4.69, 9.17) is 17.0 Å². The van der Waals surface area contributed by atoms with Crippen LogP contribution in [0.2, 0.25) is 0 Å². The number of benzene rings is 1. The van der Waals surface area contributed by atoms with Crippen molar-refractivity contribution in [2.24, 2.45) is 5.10 Å². The summed E-state index contributed by atoms with van der Waals surface area (Å²) in [6.07, 6.45) is 1.77. The van der Waals surface area contributed by atoms with Gasteiger partial charge in [0.1, 0.15) is 0 Å². The first kappa shape index (κ1) is 15.6. The van der Waals surface area contributed by atoms with E-state index in [-0.39, 0.29) is 6.04 Å². The quantitative estimate of drug-likeness (QED) is 0.492. The van der Waals surface area contributed by atoms with Crippen molar-refractivity contribution in [2.45, 2.75) is 26.8 Å². The largest absolute Gasteiger partial charge is 0.383 e. The van der Waals surface area contributed by atoms with Gasteiger partial charge in [0.2, 0.25) is 0 Å². The third-order valence-corrected chi connectivity index (χ3v) is 2.80. The Kier molecular flexibility index (Phi) is 6.45. The van der Waals surface area contributed by atoms with Crippen molar-refractivity contribution in [2.75, 3.05) is 13.7 Å². The summed E-state index contributed by atoms with van der Waals surface area (Å²) in [5.74, 6) is 0. The number of ether oxygens (including phenoxy) is 1. The van der Waals surface area contributed by atoms with Crippen molar-refractivity contribution in [1.82, 2.24) is 10.7 Å². The minimum absolute atomic E-state index is 0.154. The predicted molar refractivity (Wildman–Crippen MR) is 83.7 cm³/mol. The summed E-state index contributed by atoms with van der Waals surface area (Å²) in [5.41, 5.74) is 6.31. The molecule has 0 aliphatic rings. The molecule has 0 aliphatic heterocycles. The summed E-state index contributed by atoms with van der Waals surface area (Å²) in [7, 11) is 1.66. The highest BCUT2D eigenvalue weighted by Gasteiger charge is 2.01. The molecule has 0 aromatic heterocycles. The second kappa shape index (κ2) is 7.86. The molecule has 4 nitrogen and oxygen atoms in total. The molecule has 0 saturated heterocycles. The summed E-state index contributed by atoms with van der Waals surface area (Å²) in [6, 6.07) is 6.38. The minimum atomic E-state index is 0.154. The van der Waals surface area contributed by atoms with Crippen LogP contribution in [0.25, 0.3) is 0 Å². The highest BCUT2D eigenvalue weighted by Crippen LogP contribution is 2.07. The van der Waals surface area contributed by atoms with Crippen LogP contribution in [0.4, 0.5) is 0 Å². The van der Waals surface area contributed by atoms with Crippen LogP contribution in [0.5, 0.6) is 0 Å². The van der Waals surface area contributed by atoms with E-state index < -0.39 is 0 Å². The van der Waals surface area contributed by atoms with Crippen molar-refractivity contribution in [1.29, 1.82) is 0 Å². The minimum Gasteiger partial charge on any atom is -0.383 e. The van der Waals surface area contributed by atoms with Crippen LogP contribution in [0.1, 0.15) is 23.6 Å². The van der Waals surface area contributed by atoms with Crippen LogP contribution in [0, 0.1) is 13.8 Å². The van der Waals surface area contributed by atoms with E-state index >= 15 is 0 Å². The lowest BCUT2D eigenvalue weighted by molar-refractivity contribution is 0.179. The molecule has 0 unspecified atom stereocenters. The lowest BCUT2D eigenvalue weighted by Crippen LogP contribution is -2.40. The van der Waals surface area contributed by atoms with Crippen molar-refractivity contribution in [3.63, 3.8) is 0 Å². The Morgan fingerprint density at radius 3 is 2.84 bits per heavy atom. The van der Waals surface area contributed by atoms with Gasteiger partial charge in [-0.1, -0.05) is 23.8 Å². The summed E-state index contributed by atoms with van der Waals surface area (Å²) < 4.78 is 5.02. The molecule has 0 amide bonds. The molecule has 0 saturated carbocycles. The Bertz CT molecular complexity index is 460. The fraction of sp³-hybridized carbons (Fsp3) is 0.429. The number of hydrogen-bond acceptors (Lipinski definition) is 3. The zero-order chi connectivity index (χ0) is 14.3. The van der Waals surface area contributed by atoms with Crippen LogP contribution in [0.15, 0.2) is 23.3 Å². The molecule has 1 aromatic carbocycles. The van der Waals surface area contributed by atoms with Crippen LogP contribution >= 0.6 is 12.2 Å². The van der Waals surface area contributed by atoms with Crippen LogP contribution in [0.3, 0.4) is 0 Å². The summed E-state index contributed by atoms with van der Waals surface area (Å²) >= 11 is 5.12. The molecule has 1 rings (SSSR count). The lowest BCUT2D eigenvalue weighted by Gasteiger charge is -2.13. The molecule has 0 radical (unpaired) electrons. The maximum absolute atomic E-state index is 5.12. The Balaban J connectivity index is 2.47. The molecule has 0 fully saturated rings. The van der Waals surface area contributed by atoms with Crippen molar-refractivity contribution >= 4 is 23.5 Å². The molecule has 0 bridgehead atoms. The number of nitrogens with zero attached hydrogens (tertiary/aromatic N) is 1. The Morgan fingerprint density at radius 1 is 1.47 bits per heavy atom. The number of nitrogens with one attached hydrogen (secondary N) is 2. The SMILES string of the molecule is COC[C@H](C)NC(=S)N/N=C\c1ccc(C)cc1C. The van der Waals surface area contributed by atoms with E-state index in [1.807, 2.05) is 13.0 Å². The topological polar surface area (TPSA) is 45.6 Å². The highest BCUT2D eigenvalue weighted by atomic mass is 32.1. The fourth-order valence-electron chi connectivity index (χ4n) is 1.68. The van der Waals surface area contributed by atoms with Gasteiger partial charge in [0.25, 0.3) is 0 Å². The van der Waals surface area contributed by atoms with E-state index in [0.29, 0.717) is 11.7 Å². The monoisotopic (exact) mass is 279 g/mol. The summed E-state index contributed by atoms with van der Waals surface area (Å²) in [5, 5.41) is 7.69. The third-order valence-electron chi connectivity index (χ3n) is 2.59. The first-order valence-electron chi connectivity index (χ1n) is 6.18. The molecule has 0 aliphatic carbocycles. The molecule has 0 spiro atoms. The van der Waals surface area contributed by atoms with Gasteiger partial charge in [-0.2, -0.15) is 5.10 Å². The second-order valence-corrected chi connectivity index (χ2v) is 4.97. The highest BCUT2D eigenvalue weighted by molar-refractivity contribution is 7.80. The van der Waals surface area contributed by atoms with Crippen LogP contribution in [-0.2, 0) is 4.74 Å². The molecule has 0 heterocycles. The Hall–Kier alpha value is -1.46. The lowest BCUT2D eigenvalue weighted by atomic mass is 10.1. The number of hydrazone groups is 1.